The van der Waals surface area contributed by atoms with Gasteiger partial charge in [-0.3, -0.25) is 4.79 Å². The van der Waals surface area contributed by atoms with E-state index in [4.69, 9.17) is 5.11 Å². The third-order valence-electron chi connectivity index (χ3n) is 2.41. The van der Waals surface area contributed by atoms with Crippen molar-refractivity contribution in [3.8, 4) is 0 Å². The van der Waals surface area contributed by atoms with Crippen LogP contribution in [0.15, 0.2) is 0 Å². The molecule has 0 saturated heterocycles. The molecule has 90 valence electrons. The Morgan fingerprint density at radius 2 is 2.13 bits per heavy atom. The first-order valence-corrected chi connectivity index (χ1v) is 6.78. The van der Waals surface area contributed by atoms with Gasteiger partial charge in [-0.25, -0.2) is 0 Å². The van der Waals surface area contributed by atoms with Crippen molar-refractivity contribution < 1.29 is 9.90 Å². The second-order valence-electron chi connectivity index (χ2n) is 3.86. The molecule has 0 amide bonds. The van der Waals surface area contributed by atoms with Crippen molar-refractivity contribution in [2.75, 3.05) is 18.1 Å². The van der Waals surface area contributed by atoms with Crippen molar-refractivity contribution in [2.45, 2.75) is 45.6 Å². The van der Waals surface area contributed by atoms with E-state index in [-0.39, 0.29) is 0 Å². The Morgan fingerprint density at radius 3 is 2.60 bits per heavy atom. The minimum atomic E-state index is -0.744. The minimum Gasteiger partial charge on any atom is -0.480 e. The molecule has 0 aromatic carbocycles. The van der Waals surface area contributed by atoms with Gasteiger partial charge in [-0.05, 0) is 37.8 Å². The summed E-state index contributed by atoms with van der Waals surface area (Å²) in [6.07, 6.45) is 2.61. The second-order valence-corrected chi connectivity index (χ2v) is 5.26. The first-order chi connectivity index (χ1) is 7.06. The standard InChI is InChI=1S/C11H23NO2S/c1-4-7-11(3,10(13)14)12-8-6-9-15-5-2/h12H,4-9H2,1-3H3,(H,13,14). The fourth-order valence-electron chi connectivity index (χ4n) is 1.45. The molecule has 0 rings (SSSR count). The van der Waals surface area contributed by atoms with E-state index >= 15 is 0 Å². The molecule has 15 heavy (non-hydrogen) atoms. The number of thioether (sulfide) groups is 1. The summed E-state index contributed by atoms with van der Waals surface area (Å²) in [5, 5.41) is 12.2. The molecule has 0 radical (unpaired) electrons. The molecule has 0 bridgehead atoms. The Morgan fingerprint density at radius 1 is 1.47 bits per heavy atom. The van der Waals surface area contributed by atoms with Crippen LogP contribution in [0.5, 0.6) is 0 Å². The highest BCUT2D eigenvalue weighted by molar-refractivity contribution is 7.99. The lowest BCUT2D eigenvalue weighted by atomic mass is 9.96. The van der Waals surface area contributed by atoms with Crippen molar-refractivity contribution in [1.29, 1.82) is 0 Å². The molecule has 2 N–H and O–H groups in total. The highest BCUT2D eigenvalue weighted by Crippen LogP contribution is 2.12. The summed E-state index contributed by atoms with van der Waals surface area (Å²) >= 11 is 1.89. The third kappa shape index (κ3) is 6.05. The lowest BCUT2D eigenvalue weighted by Gasteiger charge is -2.25. The quantitative estimate of drug-likeness (QED) is 0.600. The number of nitrogens with one attached hydrogen (secondary N) is 1. The van der Waals surface area contributed by atoms with Crippen LogP contribution in [0.2, 0.25) is 0 Å². The lowest BCUT2D eigenvalue weighted by molar-refractivity contribution is -0.144. The number of carbonyl (C=O) groups is 1. The van der Waals surface area contributed by atoms with Gasteiger partial charge in [-0.1, -0.05) is 20.3 Å². The van der Waals surface area contributed by atoms with Crippen LogP contribution < -0.4 is 5.32 Å². The maximum absolute atomic E-state index is 11.1. The van der Waals surface area contributed by atoms with Gasteiger partial charge in [-0.2, -0.15) is 11.8 Å². The zero-order chi connectivity index (χ0) is 11.7. The Labute approximate surface area is 97.0 Å². The van der Waals surface area contributed by atoms with Gasteiger partial charge in [0.2, 0.25) is 0 Å². The SMILES string of the molecule is CCCC(C)(NCCCSCC)C(=O)O. The minimum absolute atomic E-state index is 0.684. The summed E-state index contributed by atoms with van der Waals surface area (Å²) in [6, 6.07) is 0. The van der Waals surface area contributed by atoms with Gasteiger partial charge < -0.3 is 10.4 Å². The molecule has 0 heterocycles. The third-order valence-corrected chi connectivity index (χ3v) is 3.39. The molecule has 0 aromatic heterocycles. The van der Waals surface area contributed by atoms with Crippen LogP contribution in [-0.4, -0.2) is 34.7 Å². The summed E-state index contributed by atoms with van der Waals surface area (Å²) in [5.41, 5.74) is -0.744. The number of carboxylic acid groups (broad SMARTS) is 1. The molecule has 0 aliphatic heterocycles. The van der Waals surface area contributed by atoms with Crippen molar-refractivity contribution in [3.63, 3.8) is 0 Å². The number of carboxylic acids is 1. The first kappa shape index (κ1) is 14.8. The molecule has 0 aliphatic rings. The van der Waals surface area contributed by atoms with E-state index in [1.807, 2.05) is 18.7 Å². The Hall–Kier alpha value is -0.220. The smallest absolute Gasteiger partial charge is 0.323 e. The predicted octanol–water partition coefficient (Wildman–Crippen LogP) is 2.36. The molecule has 0 fully saturated rings. The number of rotatable bonds is 9. The number of hydrogen-bond donors (Lipinski definition) is 2. The van der Waals surface area contributed by atoms with Crippen molar-refractivity contribution in [2.24, 2.45) is 0 Å². The summed E-state index contributed by atoms with van der Waals surface area (Å²) in [4.78, 5) is 11.1. The Bertz CT molecular complexity index is 187. The van der Waals surface area contributed by atoms with Crippen LogP contribution in [0.3, 0.4) is 0 Å². The number of aliphatic carboxylic acids is 1. The zero-order valence-electron chi connectivity index (χ0n) is 10.0. The highest BCUT2D eigenvalue weighted by Gasteiger charge is 2.30. The second kappa shape index (κ2) is 7.99. The van der Waals surface area contributed by atoms with Gasteiger partial charge in [0.1, 0.15) is 5.54 Å². The largest absolute Gasteiger partial charge is 0.480 e. The lowest BCUT2D eigenvalue weighted by Crippen LogP contribution is -2.49. The molecular weight excluding hydrogens is 210 g/mol. The van der Waals surface area contributed by atoms with Crippen LogP contribution in [-0.2, 0) is 4.79 Å². The van der Waals surface area contributed by atoms with E-state index in [0.717, 1.165) is 30.9 Å². The zero-order valence-corrected chi connectivity index (χ0v) is 10.8. The molecule has 1 atom stereocenters. The average Bonchev–Trinajstić information content (AvgIpc) is 2.18. The monoisotopic (exact) mass is 233 g/mol. The molecule has 4 heteroatoms. The highest BCUT2D eigenvalue weighted by atomic mass is 32.2. The molecule has 0 saturated carbocycles. The van der Waals surface area contributed by atoms with E-state index in [1.54, 1.807) is 6.92 Å². The summed E-state index contributed by atoms with van der Waals surface area (Å²) in [6.45, 7) is 6.70. The van der Waals surface area contributed by atoms with E-state index in [0.29, 0.717) is 6.42 Å². The van der Waals surface area contributed by atoms with E-state index in [2.05, 4.69) is 12.2 Å². The Balaban J connectivity index is 3.81. The van der Waals surface area contributed by atoms with E-state index in [1.165, 1.54) is 0 Å². The van der Waals surface area contributed by atoms with Crippen molar-refractivity contribution >= 4 is 17.7 Å². The summed E-state index contributed by atoms with van der Waals surface area (Å²) in [5.74, 6) is 1.49. The summed E-state index contributed by atoms with van der Waals surface area (Å²) in [7, 11) is 0. The predicted molar refractivity (Wildman–Crippen MR) is 66.6 cm³/mol. The van der Waals surface area contributed by atoms with Gasteiger partial charge in [0, 0.05) is 0 Å². The van der Waals surface area contributed by atoms with Crippen LogP contribution in [0.25, 0.3) is 0 Å². The van der Waals surface area contributed by atoms with E-state index in [9.17, 15) is 4.79 Å². The normalized spacial score (nSPS) is 14.9. The van der Waals surface area contributed by atoms with Gasteiger partial charge in [0.25, 0.3) is 0 Å². The summed E-state index contributed by atoms with van der Waals surface area (Å²) < 4.78 is 0. The van der Waals surface area contributed by atoms with Gasteiger partial charge in [0.15, 0.2) is 0 Å². The molecule has 0 aromatic rings. The van der Waals surface area contributed by atoms with Crippen molar-refractivity contribution in [3.05, 3.63) is 0 Å². The maximum atomic E-state index is 11.1. The topological polar surface area (TPSA) is 49.3 Å². The first-order valence-electron chi connectivity index (χ1n) is 5.63. The fourth-order valence-corrected chi connectivity index (χ4v) is 2.09. The molecule has 1 unspecified atom stereocenters. The van der Waals surface area contributed by atoms with Crippen molar-refractivity contribution in [1.82, 2.24) is 5.32 Å². The van der Waals surface area contributed by atoms with Gasteiger partial charge in [0.05, 0.1) is 0 Å². The van der Waals surface area contributed by atoms with Crippen LogP contribution >= 0.6 is 11.8 Å². The molecule has 3 nitrogen and oxygen atoms in total. The van der Waals surface area contributed by atoms with Crippen LogP contribution in [0.1, 0.15) is 40.0 Å². The maximum Gasteiger partial charge on any atom is 0.323 e. The fraction of sp³-hybridized carbons (Fsp3) is 0.909. The van der Waals surface area contributed by atoms with Gasteiger partial charge >= 0.3 is 5.97 Å². The molecular formula is C11H23NO2S. The van der Waals surface area contributed by atoms with Gasteiger partial charge in [-0.15, -0.1) is 0 Å². The Kier molecular flexibility index (Phi) is 7.88. The molecule has 0 spiro atoms. The molecule has 0 aliphatic carbocycles. The van der Waals surface area contributed by atoms with Crippen LogP contribution in [0.4, 0.5) is 0 Å². The number of hydrogen-bond acceptors (Lipinski definition) is 3. The van der Waals surface area contributed by atoms with E-state index < -0.39 is 11.5 Å². The van der Waals surface area contributed by atoms with Crippen LogP contribution in [0, 0.1) is 0 Å². The average molecular weight is 233 g/mol.